The van der Waals surface area contributed by atoms with Crippen LogP contribution < -0.4 is 0 Å². The minimum atomic E-state index is 0.0768. The molecule has 0 radical (unpaired) electrons. The summed E-state index contributed by atoms with van der Waals surface area (Å²) in [4.78, 5) is 10.5. The Balaban J connectivity index is 1.83. The van der Waals surface area contributed by atoms with Crippen molar-refractivity contribution in [2.75, 3.05) is 52.4 Å². The number of aliphatic hydroxyl groups excluding tert-OH is 1. The molecule has 102 valence electrons. The predicted octanol–water partition coefficient (Wildman–Crippen LogP) is -0.958. The molecule has 5 heteroatoms. The minimum absolute atomic E-state index is 0.0768. The molecule has 4 rings (SSSR count). The fourth-order valence-corrected chi connectivity index (χ4v) is 5.11. The first-order valence-corrected chi connectivity index (χ1v) is 7.25. The van der Waals surface area contributed by atoms with E-state index in [4.69, 9.17) is 0 Å². The lowest BCUT2D eigenvalue weighted by Crippen LogP contribution is -2.81. The maximum Gasteiger partial charge on any atom is 0.104 e. The second kappa shape index (κ2) is 3.46. The van der Waals surface area contributed by atoms with Crippen molar-refractivity contribution in [3.05, 3.63) is 0 Å². The number of hydrogen-bond donors (Lipinski definition) is 1. The van der Waals surface area contributed by atoms with Gasteiger partial charge in [-0.15, -0.1) is 0 Å². The smallest absolute Gasteiger partial charge is 0.104 e. The van der Waals surface area contributed by atoms with Gasteiger partial charge in [-0.2, -0.15) is 0 Å². The molecule has 4 aliphatic heterocycles. The molecule has 0 amide bonds. The Morgan fingerprint density at radius 1 is 0.889 bits per heavy atom. The average molecular weight is 252 g/mol. The Hall–Kier alpha value is -0.200. The highest BCUT2D eigenvalue weighted by molar-refractivity contribution is 5.19. The Morgan fingerprint density at radius 3 is 2.06 bits per heavy atom. The van der Waals surface area contributed by atoms with Crippen LogP contribution in [0.1, 0.15) is 13.8 Å². The van der Waals surface area contributed by atoms with Gasteiger partial charge in [0.05, 0.1) is 6.61 Å². The zero-order valence-electron chi connectivity index (χ0n) is 11.5. The molecule has 0 spiro atoms. The first-order chi connectivity index (χ1) is 8.62. The maximum atomic E-state index is 9.68. The summed E-state index contributed by atoms with van der Waals surface area (Å²) in [5, 5.41) is 9.68. The lowest BCUT2D eigenvalue weighted by molar-refractivity contribution is -0.207. The first kappa shape index (κ1) is 11.6. The van der Waals surface area contributed by atoms with Crippen molar-refractivity contribution in [1.82, 2.24) is 19.6 Å². The molecule has 4 fully saturated rings. The van der Waals surface area contributed by atoms with E-state index in [1.807, 2.05) is 0 Å². The standard InChI is InChI=1S/C13H24N4O/c1-12-13(2)16-6-5-14(12)3-4-15(12)7-8-17(13)11(9-16)10-18/h11,18H,3-10H2,1-2H3. The molecule has 0 saturated carbocycles. The van der Waals surface area contributed by atoms with Crippen molar-refractivity contribution < 1.29 is 5.11 Å². The van der Waals surface area contributed by atoms with Crippen molar-refractivity contribution in [1.29, 1.82) is 0 Å². The van der Waals surface area contributed by atoms with Crippen molar-refractivity contribution in [3.8, 4) is 0 Å². The lowest BCUT2D eigenvalue weighted by Gasteiger charge is -2.64. The van der Waals surface area contributed by atoms with Gasteiger partial charge in [-0.1, -0.05) is 0 Å². The summed E-state index contributed by atoms with van der Waals surface area (Å²) in [6, 6.07) is 0.328. The van der Waals surface area contributed by atoms with Gasteiger partial charge in [0, 0.05) is 51.9 Å². The van der Waals surface area contributed by atoms with Gasteiger partial charge in [0.25, 0.3) is 0 Å². The van der Waals surface area contributed by atoms with Crippen LogP contribution in [0.4, 0.5) is 0 Å². The summed E-state index contributed by atoms with van der Waals surface area (Å²) >= 11 is 0. The molecule has 1 N–H and O–H groups in total. The summed E-state index contributed by atoms with van der Waals surface area (Å²) in [5.74, 6) is 0. The van der Waals surface area contributed by atoms with Crippen LogP contribution in [0, 0.1) is 0 Å². The third-order valence-electron chi connectivity index (χ3n) is 6.28. The van der Waals surface area contributed by atoms with Crippen LogP contribution >= 0.6 is 0 Å². The summed E-state index contributed by atoms with van der Waals surface area (Å²) in [7, 11) is 0. The van der Waals surface area contributed by atoms with Crippen LogP contribution in [0.5, 0.6) is 0 Å². The first-order valence-electron chi connectivity index (χ1n) is 7.25. The van der Waals surface area contributed by atoms with Crippen LogP contribution in [0.2, 0.25) is 0 Å². The van der Waals surface area contributed by atoms with Crippen LogP contribution in [-0.4, -0.2) is 94.5 Å². The minimum Gasteiger partial charge on any atom is -0.395 e. The highest BCUT2D eigenvalue weighted by Gasteiger charge is 2.68. The summed E-state index contributed by atoms with van der Waals surface area (Å²) in [6.07, 6.45) is 0. The molecule has 4 heterocycles. The van der Waals surface area contributed by atoms with Crippen LogP contribution in [-0.2, 0) is 0 Å². The van der Waals surface area contributed by atoms with Crippen molar-refractivity contribution in [3.63, 3.8) is 0 Å². The fraction of sp³-hybridized carbons (Fsp3) is 1.00. The van der Waals surface area contributed by atoms with E-state index in [0.29, 0.717) is 12.6 Å². The molecule has 5 nitrogen and oxygen atoms in total. The normalized spacial score (nSPS) is 49.8. The Kier molecular flexibility index (Phi) is 2.23. The lowest BCUT2D eigenvalue weighted by atomic mass is 9.87. The molecule has 3 unspecified atom stereocenters. The number of rotatable bonds is 1. The van der Waals surface area contributed by atoms with Crippen LogP contribution in [0.25, 0.3) is 0 Å². The van der Waals surface area contributed by atoms with E-state index in [-0.39, 0.29) is 11.3 Å². The van der Waals surface area contributed by atoms with Gasteiger partial charge in [-0.3, -0.25) is 19.6 Å². The van der Waals surface area contributed by atoms with E-state index in [1.54, 1.807) is 0 Å². The van der Waals surface area contributed by atoms with Gasteiger partial charge in [-0.25, -0.2) is 0 Å². The zero-order valence-corrected chi connectivity index (χ0v) is 11.5. The zero-order chi connectivity index (χ0) is 12.5. The molecule has 18 heavy (non-hydrogen) atoms. The maximum absolute atomic E-state index is 9.68. The summed E-state index contributed by atoms with van der Waals surface area (Å²) in [6.45, 7) is 13.1. The molecular weight excluding hydrogens is 228 g/mol. The van der Waals surface area contributed by atoms with Gasteiger partial charge < -0.3 is 5.11 Å². The van der Waals surface area contributed by atoms with Crippen molar-refractivity contribution >= 4 is 0 Å². The second-order valence-electron chi connectivity index (χ2n) is 6.49. The summed E-state index contributed by atoms with van der Waals surface area (Å²) < 4.78 is 0. The predicted molar refractivity (Wildman–Crippen MR) is 69.1 cm³/mol. The number of aliphatic hydroxyl groups is 1. The molecule has 0 aromatic heterocycles. The second-order valence-corrected chi connectivity index (χ2v) is 6.49. The number of piperazine rings is 2. The average Bonchev–Trinajstić information content (AvgIpc) is 2.82. The van der Waals surface area contributed by atoms with Gasteiger partial charge >= 0.3 is 0 Å². The quantitative estimate of drug-likeness (QED) is 0.650. The highest BCUT2D eigenvalue weighted by atomic mass is 16.3. The van der Waals surface area contributed by atoms with Crippen LogP contribution in [0.3, 0.4) is 0 Å². The fourth-order valence-electron chi connectivity index (χ4n) is 5.11. The van der Waals surface area contributed by atoms with E-state index in [2.05, 4.69) is 33.4 Å². The van der Waals surface area contributed by atoms with Gasteiger partial charge in [0.1, 0.15) is 11.3 Å². The molecule has 3 atom stereocenters. The van der Waals surface area contributed by atoms with E-state index in [9.17, 15) is 5.11 Å². The molecule has 0 aliphatic carbocycles. The van der Waals surface area contributed by atoms with Gasteiger partial charge in [0.2, 0.25) is 0 Å². The Bertz CT molecular complexity index is 370. The molecule has 0 aromatic rings. The number of nitrogens with zero attached hydrogens (tertiary/aromatic N) is 4. The third kappa shape index (κ3) is 1.04. The summed E-state index contributed by atoms with van der Waals surface area (Å²) in [5.41, 5.74) is 0.209. The molecule has 4 aliphatic rings. The van der Waals surface area contributed by atoms with E-state index < -0.39 is 0 Å². The van der Waals surface area contributed by atoms with E-state index in [0.717, 1.165) is 26.2 Å². The largest absolute Gasteiger partial charge is 0.395 e. The molecule has 0 aromatic carbocycles. The number of hydrogen-bond acceptors (Lipinski definition) is 5. The Labute approximate surface area is 109 Å². The SMILES string of the molecule is CC12N3CCN1CCN1C(CO)CN(CC3)C12C. The monoisotopic (exact) mass is 252 g/mol. The van der Waals surface area contributed by atoms with E-state index >= 15 is 0 Å². The van der Waals surface area contributed by atoms with Crippen molar-refractivity contribution in [2.45, 2.75) is 31.2 Å². The molecular formula is C13H24N4O. The highest BCUT2D eigenvalue weighted by Crippen LogP contribution is 2.50. The van der Waals surface area contributed by atoms with Gasteiger partial charge in [0.15, 0.2) is 0 Å². The topological polar surface area (TPSA) is 33.2 Å². The van der Waals surface area contributed by atoms with E-state index in [1.165, 1.54) is 19.6 Å². The Morgan fingerprint density at radius 2 is 1.44 bits per heavy atom. The molecule has 0 bridgehead atoms. The van der Waals surface area contributed by atoms with Gasteiger partial charge in [-0.05, 0) is 13.8 Å². The third-order valence-corrected chi connectivity index (χ3v) is 6.28. The molecule has 4 saturated heterocycles. The van der Waals surface area contributed by atoms with Crippen LogP contribution in [0.15, 0.2) is 0 Å². The van der Waals surface area contributed by atoms with Crippen molar-refractivity contribution in [2.24, 2.45) is 0 Å².